The summed E-state index contributed by atoms with van der Waals surface area (Å²) in [5, 5.41) is 1.14. The molecule has 3 rings (SSSR count). The Bertz CT molecular complexity index is 497. The number of rotatable bonds is 2. The van der Waals surface area contributed by atoms with Crippen LogP contribution in [0, 0.1) is 0 Å². The Kier molecular flexibility index (Phi) is 2.23. The molecule has 0 spiro atoms. The van der Waals surface area contributed by atoms with Crippen LogP contribution in [0.25, 0.3) is 11.0 Å². The summed E-state index contributed by atoms with van der Waals surface area (Å²) < 4.78 is 10.8. The van der Waals surface area contributed by atoms with Crippen LogP contribution < -0.4 is 5.73 Å². The van der Waals surface area contributed by atoms with E-state index in [-0.39, 0.29) is 5.41 Å². The van der Waals surface area contributed by atoms with Crippen molar-refractivity contribution >= 4 is 11.0 Å². The Morgan fingerprint density at radius 2 is 2.25 bits per heavy atom. The molecule has 1 unspecified atom stereocenters. The number of benzene rings is 1. The summed E-state index contributed by atoms with van der Waals surface area (Å²) in [7, 11) is 0. The minimum Gasteiger partial charge on any atom is -0.464 e. The SMILES string of the molecule is NCC1(c2ccc3occc3c2)CCOC1. The monoisotopic (exact) mass is 217 g/mol. The van der Waals surface area contributed by atoms with Crippen molar-refractivity contribution in [3.63, 3.8) is 0 Å². The smallest absolute Gasteiger partial charge is 0.133 e. The van der Waals surface area contributed by atoms with Gasteiger partial charge in [-0.15, -0.1) is 0 Å². The first-order valence-electron chi connectivity index (χ1n) is 5.60. The lowest BCUT2D eigenvalue weighted by Gasteiger charge is -2.25. The van der Waals surface area contributed by atoms with Gasteiger partial charge in [-0.1, -0.05) is 6.07 Å². The lowest BCUT2D eigenvalue weighted by Crippen LogP contribution is -2.35. The topological polar surface area (TPSA) is 48.4 Å². The van der Waals surface area contributed by atoms with E-state index in [0.717, 1.165) is 30.6 Å². The molecule has 0 amide bonds. The van der Waals surface area contributed by atoms with E-state index in [1.165, 1.54) is 5.56 Å². The van der Waals surface area contributed by atoms with Crippen LogP contribution in [0.2, 0.25) is 0 Å². The van der Waals surface area contributed by atoms with Crippen LogP contribution in [0.5, 0.6) is 0 Å². The van der Waals surface area contributed by atoms with Crippen molar-refractivity contribution in [1.29, 1.82) is 0 Å². The average molecular weight is 217 g/mol. The van der Waals surface area contributed by atoms with E-state index in [4.69, 9.17) is 14.9 Å². The van der Waals surface area contributed by atoms with Crippen LogP contribution in [0.15, 0.2) is 34.9 Å². The Morgan fingerprint density at radius 3 is 3.00 bits per heavy atom. The van der Waals surface area contributed by atoms with Crippen LogP contribution in [0.1, 0.15) is 12.0 Å². The molecule has 3 heteroatoms. The average Bonchev–Trinajstić information content (AvgIpc) is 2.97. The first-order valence-corrected chi connectivity index (χ1v) is 5.60. The lowest BCUT2D eigenvalue weighted by molar-refractivity contribution is 0.178. The normalized spacial score (nSPS) is 25.3. The Balaban J connectivity index is 2.09. The van der Waals surface area contributed by atoms with Crippen molar-refractivity contribution in [2.75, 3.05) is 19.8 Å². The quantitative estimate of drug-likeness (QED) is 0.837. The van der Waals surface area contributed by atoms with Crippen molar-refractivity contribution < 1.29 is 9.15 Å². The highest BCUT2D eigenvalue weighted by Crippen LogP contribution is 2.33. The van der Waals surface area contributed by atoms with E-state index in [2.05, 4.69) is 12.1 Å². The number of furan rings is 1. The second-order valence-corrected chi connectivity index (χ2v) is 4.46. The number of hydrogen-bond acceptors (Lipinski definition) is 3. The zero-order chi connectivity index (χ0) is 11.0. The zero-order valence-corrected chi connectivity index (χ0v) is 9.11. The van der Waals surface area contributed by atoms with Crippen molar-refractivity contribution in [2.45, 2.75) is 11.8 Å². The molecule has 3 nitrogen and oxygen atoms in total. The van der Waals surface area contributed by atoms with Gasteiger partial charge in [0.1, 0.15) is 5.58 Å². The molecule has 0 bridgehead atoms. The molecule has 1 aliphatic heterocycles. The molecule has 1 aromatic heterocycles. The zero-order valence-electron chi connectivity index (χ0n) is 9.11. The van der Waals surface area contributed by atoms with E-state index < -0.39 is 0 Å². The molecule has 1 fully saturated rings. The van der Waals surface area contributed by atoms with Crippen LogP contribution in [0.3, 0.4) is 0 Å². The maximum Gasteiger partial charge on any atom is 0.133 e. The minimum atomic E-state index is 0.00542. The van der Waals surface area contributed by atoms with Crippen molar-refractivity contribution in [3.8, 4) is 0 Å². The molecule has 1 aliphatic rings. The molecular weight excluding hydrogens is 202 g/mol. The third-order valence-corrected chi connectivity index (χ3v) is 3.56. The summed E-state index contributed by atoms with van der Waals surface area (Å²) in [5.74, 6) is 0. The fourth-order valence-corrected chi connectivity index (χ4v) is 2.41. The summed E-state index contributed by atoms with van der Waals surface area (Å²) >= 11 is 0. The molecule has 1 aromatic carbocycles. The summed E-state index contributed by atoms with van der Waals surface area (Å²) in [5.41, 5.74) is 8.11. The van der Waals surface area contributed by atoms with Gasteiger partial charge in [0.15, 0.2) is 0 Å². The lowest BCUT2D eigenvalue weighted by atomic mass is 9.79. The Hall–Kier alpha value is -1.32. The molecule has 2 heterocycles. The molecule has 16 heavy (non-hydrogen) atoms. The molecule has 0 aliphatic carbocycles. The van der Waals surface area contributed by atoms with E-state index >= 15 is 0 Å². The van der Waals surface area contributed by atoms with E-state index in [9.17, 15) is 0 Å². The van der Waals surface area contributed by atoms with Gasteiger partial charge >= 0.3 is 0 Å². The largest absolute Gasteiger partial charge is 0.464 e. The van der Waals surface area contributed by atoms with E-state index in [1.807, 2.05) is 12.1 Å². The highest BCUT2D eigenvalue weighted by atomic mass is 16.5. The van der Waals surface area contributed by atoms with Gasteiger partial charge in [-0.25, -0.2) is 0 Å². The molecule has 1 saturated heterocycles. The minimum absolute atomic E-state index is 0.00542. The maximum atomic E-state index is 5.92. The number of nitrogens with two attached hydrogens (primary N) is 1. The third kappa shape index (κ3) is 1.36. The van der Waals surface area contributed by atoms with Gasteiger partial charge < -0.3 is 14.9 Å². The number of fused-ring (bicyclic) bond motifs is 1. The van der Waals surface area contributed by atoms with Crippen molar-refractivity contribution in [2.24, 2.45) is 5.73 Å². The van der Waals surface area contributed by atoms with Gasteiger partial charge in [0.25, 0.3) is 0 Å². The predicted molar refractivity (Wildman–Crippen MR) is 62.4 cm³/mol. The highest BCUT2D eigenvalue weighted by molar-refractivity contribution is 5.78. The fraction of sp³-hybridized carbons (Fsp3) is 0.385. The molecule has 84 valence electrons. The highest BCUT2D eigenvalue weighted by Gasteiger charge is 2.35. The second-order valence-electron chi connectivity index (χ2n) is 4.46. The second kappa shape index (κ2) is 3.61. The van der Waals surface area contributed by atoms with Gasteiger partial charge in [-0.05, 0) is 30.2 Å². The molecule has 1 atom stereocenters. The van der Waals surface area contributed by atoms with Crippen LogP contribution >= 0.6 is 0 Å². The number of ether oxygens (including phenoxy) is 1. The maximum absolute atomic E-state index is 5.92. The standard InChI is InChI=1S/C13H15NO2/c14-8-13(4-6-15-9-13)11-1-2-12-10(7-11)3-5-16-12/h1-3,5,7H,4,6,8-9,14H2. The van der Waals surface area contributed by atoms with E-state index in [0.29, 0.717) is 6.54 Å². The molecular formula is C13H15NO2. The molecule has 2 N–H and O–H groups in total. The van der Waals surface area contributed by atoms with Crippen LogP contribution in [-0.4, -0.2) is 19.8 Å². The van der Waals surface area contributed by atoms with Gasteiger partial charge in [-0.3, -0.25) is 0 Å². The molecule has 0 saturated carbocycles. The van der Waals surface area contributed by atoms with Crippen molar-refractivity contribution in [1.82, 2.24) is 0 Å². The predicted octanol–water partition coefficient (Wildman–Crippen LogP) is 2.05. The Labute approximate surface area is 94.2 Å². The molecule has 2 aromatic rings. The summed E-state index contributed by atoms with van der Waals surface area (Å²) in [6.07, 6.45) is 2.72. The van der Waals surface area contributed by atoms with Gasteiger partial charge in [0.2, 0.25) is 0 Å². The first kappa shape index (κ1) is 9.87. The summed E-state index contributed by atoms with van der Waals surface area (Å²) in [4.78, 5) is 0. The van der Waals surface area contributed by atoms with Crippen LogP contribution in [-0.2, 0) is 10.2 Å². The Morgan fingerprint density at radius 1 is 1.31 bits per heavy atom. The van der Waals surface area contributed by atoms with Gasteiger partial charge in [0.05, 0.1) is 12.9 Å². The first-order chi connectivity index (χ1) is 7.84. The molecule has 0 radical (unpaired) electrons. The van der Waals surface area contributed by atoms with Gasteiger partial charge in [0, 0.05) is 24.0 Å². The summed E-state index contributed by atoms with van der Waals surface area (Å²) in [6, 6.07) is 8.27. The van der Waals surface area contributed by atoms with Crippen molar-refractivity contribution in [3.05, 3.63) is 36.1 Å². The van der Waals surface area contributed by atoms with E-state index in [1.54, 1.807) is 6.26 Å². The van der Waals surface area contributed by atoms with Gasteiger partial charge in [-0.2, -0.15) is 0 Å². The summed E-state index contributed by atoms with van der Waals surface area (Å²) in [6.45, 7) is 2.17. The third-order valence-electron chi connectivity index (χ3n) is 3.56. The number of hydrogen-bond donors (Lipinski definition) is 1. The fourth-order valence-electron chi connectivity index (χ4n) is 2.41. The van der Waals surface area contributed by atoms with Crippen LogP contribution in [0.4, 0.5) is 0 Å².